The Labute approximate surface area is 236 Å². The Morgan fingerprint density at radius 2 is 1.43 bits per heavy atom. The molecule has 0 saturated carbocycles. The monoisotopic (exact) mass is 536 g/mol. The Kier molecular flexibility index (Phi) is 9.09. The SMILES string of the molecule is Cc1ccc(CN(Cc2ccccc2)C(=O)CN(CC2CCCO2)C(=O)C(c2ccccc2)c2ccccc2)o1. The van der Waals surface area contributed by atoms with Gasteiger partial charge in [0, 0.05) is 19.7 Å². The molecule has 3 aromatic carbocycles. The number of carbonyl (C=O) groups excluding carboxylic acids is 2. The molecule has 0 radical (unpaired) electrons. The summed E-state index contributed by atoms with van der Waals surface area (Å²) in [4.78, 5) is 31.9. The van der Waals surface area contributed by atoms with Crippen molar-refractivity contribution in [1.29, 1.82) is 0 Å². The summed E-state index contributed by atoms with van der Waals surface area (Å²) >= 11 is 0. The minimum absolute atomic E-state index is 0.0403. The molecule has 206 valence electrons. The number of aryl methyl sites for hydroxylation is 1. The molecule has 2 heterocycles. The number of amides is 2. The van der Waals surface area contributed by atoms with Crippen LogP contribution in [0.25, 0.3) is 0 Å². The molecule has 40 heavy (non-hydrogen) atoms. The highest BCUT2D eigenvalue weighted by atomic mass is 16.5. The van der Waals surface area contributed by atoms with Crippen LogP contribution in [-0.4, -0.2) is 47.4 Å². The van der Waals surface area contributed by atoms with Gasteiger partial charge in [0.25, 0.3) is 0 Å². The summed E-state index contributed by atoms with van der Waals surface area (Å²) in [5.41, 5.74) is 2.81. The van der Waals surface area contributed by atoms with Gasteiger partial charge in [-0.15, -0.1) is 0 Å². The van der Waals surface area contributed by atoms with Gasteiger partial charge in [-0.2, -0.15) is 0 Å². The lowest BCUT2D eigenvalue weighted by Gasteiger charge is -2.31. The van der Waals surface area contributed by atoms with E-state index >= 15 is 0 Å². The second-order valence-electron chi connectivity index (χ2n) is 10.4. The smallest absolute Gasteiger partial charge is 0.242 e. The first-order valence-corrected chi connectivity index (χ1v) is 13.9. The molecule has 1 aliphatic heterocycles. The van der Waals surface area contributed by atoms with Crippen LogP contribution in [0.5, 0.6) is 0 Å². The number of carbonyl (C=O) groups is 2. The Morgan fingerprint density at radius 3 is 1.98 bits per heavy atom. The zero-order valence-corrected chi connectivity index (χ0v) is 22.9. The van der Waals surface area contributed by atoms with Crippen LogP contribution in [0, 0.1) is 6.92 Å². The Morgan fingerprint density at radius 1 is 0.800 bits per heavy atom. The molecule has 0 spiro atoms. The lowest BCUT2D eigenvalue weighted by Crippen LogP contribution is -2.47. The minimum Gasteiger partial charge on any atom is -0.464 e. The number of ether oxygens (including phenoxy) is 1. The minimum atomic E-state index is -0.521. The summed E-state index contributed by atoms with van der Waals surface area (Å²) in [7, 11) is 0. The van der Waals surface area contributed by atoms with E-state index in [2.05, 4.69) is 0 Å². The molecule has 1 aromatic heterocycles. The third kappa shape index (κ3) is 7.07. The Bertz CT molecular complexity index is 1330. The van der Waals surface area contributed by atoms with Gasteiger partial charge in [0.15, 0.2) is 0 Å². The average molecular weight is 537 g/mol. The van der Waals surface area contributed by atoms with Crippen molar-refractivity contribution >= 4 is 11.8 Å². The molecule has 0 bridgehead atoms. The third-order valence-electron chi connectivity index (χ3n) is 7.31. The maximum absolute atomic E-state index is 14.4. The van der Waals surface area contributed by atoms with Crippen LogP contribution < -0.4 is 0 Å². The normalized spacial score (nSPS) is 14.8. The second kappa shape index (κ2) is 13.3. The molecule has 6 heteroatoms. The lowest BCUT2D eigenvalue weighted by atomic mass is 9.90. The van der Waals surface area contributed by atoms with Gasteiger partial charge in [-0.05, 0) is 48.6 Å². The highest BCUT2D eigenvalue weighted by molar-refractivity contribution is 5.91. The molecule has 5 rings (SSSR count). The number of nitrogens with zero attached hydrogens (tertiary/aromatic N) is 2. The lowest BCUT2D eigenvalue weighted by molar-refractivity contribution is -0.143. The predicted octanol–water partition coefficient (Wildman–Crippen LogP) is 5.96. The van der Waals surface area contributed by atoms with Gasteiger partial charge >= 0.3 is 0 Å². The van der Waals surface area contributed by atoms with E-state index in [4.69, 9.17) is 9.15 Å². The van der Waals surface area contributed by atoms with Crippen molar-refractivity contribution < 1.29 is 18.7 Å². The zero-order valence-electron chi connectivity index (χ0n) is 22.9. The van der Waals surface area contributed by atoms with Crippen molar-refractivity contribution in [3.05, 3.63) is 131 Å². The fourth-order valence-corrected chi connectivity index (χ4v) is 5.28. The second-order valence-corrected chi connectivity index (χ2v) is 10.4. The van der Waals surface area contributed by atoms with Gasteiger partial charge in [0.2, 0.25) is 11.8 Å². The summed E-state index contributed by atoms with van der Waals surface area (Å²) in [6.07, 6.45) is 1.75. The van der Waals surface area contributed by atoms with Crippen molar-refractivity contribution in [3.63, 3.8) is 0 Å². The maximum atomic E-state index is 14.4. The predicted molar refractivity (Wildman–Crippen MR) is 154 cm³/mol. The fraction of sp³-hybridized carbons (Fsp3) is 0.294. The van der Waals surface area contributed by atoms with E-state index in [-0.39, 0.29) is 24.5 Å². The standard InChI is InChI=1S/C34H36N2O4/c1-26-19-20-31(40-26)24-35(22-27-12-5-2-6-13-27)32(37)25-36(23-30-18-11-21-39-30)34(38)33(28-14-7-3-8-15-28)29-16-9-4-10-17-29/h2-10,12-17,19-20,30,33H,11,18,21-25H2,1H3. The van der Waals surface area contributed by atoms with E-state index in [1.165, 1.54) is 0 Å². The van der Waals surface area contributed by atoms with Gasteiger partial charge in [0.05, 0.1) is 25.1 Å². The average Bonchev–Trinajstić information content (AvgIpc) is 3.65. The van der Waals surface area contributed by atoms with Crippen LogP contribution in [0.1, 0.15) is 47.0 Å². The van der Waals surface area contributed by atoms with Crippen LogP contribution in [0.3, 0.4) is 0 Å². The molecule has 2 amide bonds. The van der Waals surface area contributed by atoms with Crippen molar-refractivity contribution in [2.75, 3.05) is 19.7 Å². The highest BCUT2D eigenvalue weighted by Gasteiger charge is 2.32. The summed E-state index contributed by atoms with van der Waals surface area (Å²) in [5, 5.41) is 0. The van der Waals surface area contributed by atoms with Crippen molar-refractivity contribution in [2.24, 2.45) is 0 Å². The van der Waals surface area contributed by atoms with E-state index in [0.717, 1.165) is 35.3 Å². The largest absolute Gasteiger partial charge is 0.464 e. The molecule has 1 unspecified atom stereocenters. The number of hydrogen-bond acceptors (Lipinski definition) is 4. The summed E-state index contributed by atoms with van der Waals surface area (Å²) in [6.45, 7) is 3.65. The van der Waals surface area contributed by atoms with E-state index < -0.39 is 5.92 Å². The fourth-order valence-electron chi connectivity index (χ4n) is 5.28. The van der Waals surface area contributed by atoms with Crippen molar-refractivity contribution in [3.8, 4) is 0 Å². The zero-order chi connectivity index (χ0) is 27.7. The van der Waals surface area contributed by atoms with E-state index in [0.29, 0.717) is 32.0 Å². The van der Waals surface area contributed by atoms with E-state index in [9.17, 15) is 9.59 Å². The third-order valence-corrected chi connectivity index (χ3v) is 7.31. The molecular formula is C34H36N2O4. The molecule has 0 aliphatic carbocycles. The summed E-state index contributed by atoms with van der Waals surface area (Å²) in [6, 6.07) is 33.3. The van der Waals surface area contributed by atoms with Crippen LogP contribution >= 0.6 is 0 Å². The molecule has 0 N–H and O–H groups in total. The van der Waals surface area contributed by atoms with E-state index in [1.807, 2.05) is 110 Å². The van der Waals surface area contributed by atoms with Crippen molar-refractivity contribution in [2.45, 2.75) is 44.9 Å². The Balaban J connectivity index is 1.44. The topological polar surface area (TPSA) is 63.0 Å². The molecule has 1 atom stereocenters. The summed E-state index contributed by atoms with van der Waals surface area (Å²) in [5.74, 6) is 0.752. The van der Waals surface area contributed by atoms with Gasteiger partial charge in [-0.25, -0.2) is 0 Å². The molecular weight excluding hydrogens is 500 g/mol. The number of furan rings is 1. The molecule has 1 saturated heterocycles. The van der Waals surface area contributed by atoms with Crippen LogP contribution in [0.15, 0.2) is 108 Å². The number of rotatable bonds is 11. The number of hydrogen-bond donors (Lipinski definition) is 0. The van der Waals surface area contributed by atoms with Gasteiger partial charge < -0.3 is 19.0 Å². The van der Waals surface area contributed by atoms with Crippen LogP contribution in [0.4, 0.5) is 0 Å². The molecule has 6 nitrogen and oxygen atoms in total. The molecule has 1 fully saturated rings. The molecule has 4 aromatic rings. The number of benzene rings is 3. The van der Waals surface area contributed by atoms with Gasteiger partial charge in [0.1, 0.15) is 11.5 Å². The van der Waals surface area contributed by atoms with Gasteiger partial charge in [-0.3, -0.25) is 9.59 Å². The first-order chi connectivity index (χ1) is 19.6. The van der Waals surface area contributed by atoms with Crippen LogP contribution in [0.2, 0.25) is 0 Å². The van der Waals surface area contributed by atoms with Crippen molar-refractivity contribution in [1.82, 2.24) is 9.80 Å². The molecule has 1 aliphatic rings. The first kappa shape index (κ1) is 27.4. The first-order valence-electron chi connectivity index (χ1n) is 13.9. The van der Waals surface area contributed by atoms with Crippen LogP contribution in [-0.2, 0) is 27.4 Å². The highest BCUT2D eigenvalue weighted by Crippen LogP contribution is 2.28. The maximum Gasteiger partial charge on any atom is 0.242 e. The quantitative estimate of drug-likeness (QED) is 0.237. The summed E-state index contributed by atoms with van der Waals surface area (Å²) < 4.78 is 11.7. The van der Waals surface area contributed by atoms with Gasteiger partial charge in [-0.1, -0.05) is 91.0 Å². The van der Waals surface area contributed by atoms with E-state index in [1.54, 1.807) is 9.80 Å². The Hall–Kier alpha value is -4.16.